The Balaban J connectivity index is 2.16. The van der Waals surface area contributed by atoms with Gasteiger partial charge in [-0.1, -0.05) is 51.3 Å². The molecule has 0 amide bonds. The number of nitrogens with one attached hydrogen (secondary N) is 1. The highest BCUT2D eigenvalue weighted by atomic mass is 79.9. The Morgan fingerprint density at radius 1 is 1.11 bits per heavy atom. The van der Waals surface area contributed by atoms with Crippen LogP contribution < -0.4 is 5.32 Å². The van der Waals surface area contributed by atoms with E-state index in [2.05, 4.69) is 21.2 Å². The Hall–Kier alpha value is -0.770. The first-order valence-electron chi connectivity index (χ1n) is 5.20. The van der Waals surface area contributed by atoms with E-state index < -0.39 is 5.82 Å². The van der Waals surface area contributed by atoms with Crippen molar-refractivity contribution in [2.75, 3.05) is 5.32 Å². The van der Waals surface area contributed by atoms with Crippen molar-refractivity contribution in [1.29, 1.82) is 0 Å². The minimum atomic E-state index is -0.405. The summed E-state index contributed by atoms with van der Waals surface area (Å²) in [5.74, 6) is -0.405. The average molecular weight is 349 g/mol. The van der Waals surface area contributed by atoms with Crippen LogP contribution >= 0.6 is 39.1 Å². The summed E-state index contributed by atoms with van der Waals surface area (Å²) < 4.78 is 14.6. The third kappa shape index (κ3) is 3.16. The van der Waals surface area contributed by atoms with Gasteiger partial charge in [0.2, 0.25) is 0 Å². The maximum absolute atomic E-state index is 13.7. The highest BCUT2D eigenvalue weighted by molar-refractivity contribution is 9.10. The molecule has 0 aliphatic carbocycles. The van der Waals surface area contributed by atoms with Gasteiger partial charge in [-0.2, -0.15) is 0 Å². The van der Waals surface area contributed by atoms with E-state index in [0.717, 1.165) is 10.2 Å². The zero-order chi connectivity index (χ0) is 13.1. The second-order valence-corrected chi connectivity index (χ2v) is 5.42. The van der Waals surface area contributed by atoms with E-state index in [-0.39, 0.29) is 5.02 Å². The highest BCUT2D eigenvalue weighted by Crippen LogP contribution is 2.27. The molecule has 1 nitrogen and oxygen atoms in total. The van der Waals surface area contributed by atoms with Gasteiger partial charge in [0.15, 0.2) is 0 Å². The molecule has 0 aliphatic heterocycles. The molecule has 0 fully saturated rings. The molecular weight excluding hydrogens is 340 g/mol. The summed E-state index contributed by atoms with van der Waals surface area (Å²) in [6.45, 7) is 0.322. The molecule has 0 saturated carbocycles. The third-order valence-electron chi connectivity index (χ3n) is 2.43. The summed E-state index contributed by atoms with van der Waals surface area (Å²) in [5.41, 5.74) is 1.24. The summed E-state index contributed by atoms with van der Waals surface area (Å²) in [5, 5.41) is 3.78. The highest BCUT2D eigenvalue weighted by Gasteiger charge is 2.07. The minimum Gasteiger partial charge on any atom is -0.380 e. The van der Waals surface area contributed by atoms with Gasteiger partial charge in [-0.05, 0) is 24.3 Å². The lowest BCUT2D eigenvalue weighted by Crippen LogP contribution is -2.02. The molecule has 0 bridgehead atoms. The fourth-order valence-corrected chi connectivity index (χ4v) is 2.25. The van der Waals surface area contributed by atoms with E-state index in [1.807, 2.05) is 12.1 Å². The number of rotatable bonds is 3. The average Bonchev–Trinajstić information content (AvgIpc) is 2.35. The SMILES string of the molecule is Fc1c(Cl)cccc1CNc1cc(Br)ccc1Cl. The molecule has 0 heterocycles. The smallest absolute Gasteiger partial charge is 0.146 e. The van der Waals surface area contributed by atoms with Crippen molar-refractivity contribution in [1.82, 2.24) is 0 Å². The minimum absolute atomic E-state index is 0.120. The van der Waals surface area contributed by atoms with Gasteiger partial charge in [0.25, 0.3) is 0 Å². The van der Waals surface area contributed by atoms with Crippen molar-refractivity contribution >= 4 is 44.8 Å². The van der Waals surface area contributed by atoms with Crippen molar-refractivity contribution in [3.05, 3.63) is 62.3 Å². The Labute approximate surface area is 123 Å². The zero-order valence-electron chi connectivity index (χ0n) is 9.18. The molecule has 2 aromatic rings. The summed E-state index contributed by atoms with van der Waals surface area (Å²) >= 11 is 15.1. The lowest BCUT2D eigenvalue weighted by Gasteiger charge is -2.10. The first-order chi connectivity index (χ1) is 8.58. The zero-order valence-corrected chi connectivity index (χ0v) is 12.3. The van der Waals surface area contributed by atoms with Gasteiger partial charge in [-0.25, -0.2) is 4.39 Å². The van der Waals surface area contributed by atoms with Crippen molar-refractivity contribution in [2.24, 2.45) is 0 Å². The quantitative estimate of drug-likeness (QED) is 0.771. The molecule has 0 spiro atoms. The molecule has 0 radical (unpaired) electrons. The number of anilines is 1. The van der Waals surface area contributed by atoms with Crippen LogP contribution in [0.25, 0.3) is 0 Å². The molecule has 5 heteroatoms. The van der Waals surface area contributed by atoms with E-state index in [4.69, 9.17) is 23.2 Å². The van der Waals surface area contributed by atoms with E-state index in [9.17, 15) is 4.39 Å². The van der Waals surface area contributed by atoms with Crippen molar-refractivity contribution in [2.45, 2.75) is 6.54 Å². The Bertz CT molecular complexity index is 573. The van der Waals surface area contributed by atoms with E-state index in [0.29, 0.717) is 17.1 Å². The lowest BCUT2D eigenvalue weighted by molar-refractivity contribution is 0.613. The molecule has 2 aromatic carbocycles. The van der Waals surface area contributed by atoms with E-state index >= 15 is 0 Å². The molecule has 94 valence electrons. The number of hydrogen-bond acceptors (Lipinski definition) is 1. The lowest BCUT2D eigenvalue weighted by atomic mass is 10.2. The monoisotopic (exact) mass is 347 g/mol. The van der Waals surface area contributed by atoms with Gasteiger partial charge in [-0.3, -0.25) is 0 Å². The summed E-state index contributed by atoms with van der Waals surface area (Å²) in [4.78, 5) is 0. The Kier molecular flexibility index (Phi) is 4.49. The van der Waals surface area contributed by atoms with Crippen LogP contribution in [0.4, 0.5) is 10.1 Å². The molecule has 0 saturated heterocycles. The first kappa shape index (κ1) is 13.7. The van der Waals surface area contributed by atoms with Crippen LogP contribution in [-0.4, -0.2) is 0 Å². The van der Waals surface area contributed by atoms with Crippen molar-refractivity contribution in [3.8, 4) is 0 Å². The molecular formula is C13H9BrCl2FN. The van der Waals surface area contributed by atoms with E-state index in [1.165, 1.54) is 6.07 Å². The van der Waals surface area contributed by atoms with Gasteiger partial charge in [0.05, 0.1) is 15.7 Å². The predicted octanol–water partition coefficient (Wildman–Crippen LogP) is 5.51. The summed E-state index contributed by atoms with van der Waals surface area (Å²) in [7, 11) is 0. The molecule has 0 unspecified atom stereocenters. The molecule has 1 N–H and O–H groups in total. The standard InChI is InChI=1S/C13H9BrCl2FN/c14-9-4-5-10(15)12(6-9)18-7-8-2-1-3-11(16)13(8)17/h1-6,18H,7H2. The number of halogens is 4. The molecule has 18 heavy (non-hydrogen) atoms. The normalized spacial score (nSPS) is 10.4. The van der Waals surface area contributed by atoms with Crippen molar-refractivity contribution in [3.63, 3.8) is 0 Å². The van der Waals surface area contributed by atoms with Gasteiger partial charge < -0.3 is 5.32 Å². The Morgan fingerprint density at radius 2 is 1.89 bits per heavy atom. The number of benzene rings is 2. The van der Waals surface area contributed by atoms with Crippen LogP contribution in [0.1, 0.15) is 5.56 Å². The van der Waals surface area contributed by atoms with Gasteiger partial charge in [0, 0.05) is 16.6 Å². The van der Waals surface area contributed by atoms with Gasteiger partial charge in [-0.15, -0.1) is 0 Å². The second-order valence-electron chi connectivity index (χ2n) is 3.69. The van der Waals surface area contributed by atoms with E-state index in [1.54, 1.807) is 18.2 Å². The van der Waals surface area contributed by atoms with Crippen molar-refractivity contribution < 1.29 is 4.39 Å². The van der Waals surface area contributed by atoms with Gasteiger partial charge in [0.1, 0.15) is 5.82 Å². The molecule has 0 aliphatic rings. The van der Waals surface area contributed by atoms with Crippen LogP contribution in [0.2, 0.25) is 10.0 Å². The Morgan fingerprint density at radius 3 is 2.67 bits per heavy atom. The molecule has 0 atom stereocenters. The fraction of sp³-hybridized carbons (Fsp3) is 0.0769. The molecule has 2 rings (SSSR count). The van der Waals surface area contributed by atoms with Gasteiger partial charge >= 0.3 is 0 Å². The van der Waals surface area contributed by atoms with Crippen LogP contribution in [0.3, 0.4) is 0 Å². The maximum Gasteiger partial charge on any atom is 0.146 e. The second kappa shape index (κ2) is 5.91. The number of hydrogen-bond donors (Lipinski definition) is 1. The fourth-order valence-electron chi connectivity index (χ4n) is 1.51. The summed E-state index contributed by atoms with van der Waals surface area (Å²) in [6, 6.07) is 10.4. The topological polar surface area (TPSA) is 12.0 Å². The van der Waals surface area contributed by atoms with Crippen LogP contribution in [-0.2, 0) is 6.54 Å². The maximum atomic E-state index is 13.7. The van der Waals surface area contributed by atoms with Crippen LogP contribution in [0.5, 0.6) is 0 Å². The third-order valence-corrected chi connectivity index (χ3v) is 3.54. The molecule has 0 aromatic heterocycles. The first-order valence-corrected chi connectivity index (χ1v) is 6.74. The summed E-state index contributed by atoms with van der Waals surface area (Å²) in [6.07, 6.45) is 0. The van der Waals surface area contributed by atoms with Crippen LogP contribution in [0.15, 0.2) is 40.9 Å². The van der Waals surface area contributed by atoms with Crippen LogP contribution in [0, 0.1) is 5.82 Å². The largest absolute Gasteiger partial charge is 0.380 e. The predicted molar refractivity (Wildman–Crippen MR) is 77.9 cm³/mol.